The van der Waals surface area contributed by atoms with Gasteiger partial charge in [-0.3, -0.25) is 9.59 Å². The van der Waals surface area contributed by atoms with E-state index in [2.05, 4.69) is 34.6 Å². The van der Waals surface area contributed by atoms with Crippen LogP contribution in [0.5, 0.6) is 0 Å². The Bertz CT molecular complexity index is 788. The number of carbonyl (C=O) groups is 2. The molecule has 2 N–H and O–H groups in total. The molecule has 0 heterocycles. The fourth-order valence-electron chi connectivity index (χ4n) is 5.48. The number of aliphatic hydroxyl groups is 1. The summed E-state index contributed by atoms with van der Waals surface area (Å²) >= 11 is 0. The number of hydrogen-bond acceptors (Lipinski definition) is 6. The number of rotatable bonds is 26. The molecule has 0 aromatic rings. The quantitative estimate of drug-likeness (QED) is 0.0713. The van der Waals surface area contributed by atoms with Gasteiger partial charge >= 0.3 is 18.1 Å². The van der Waals surface area contributed by atoms with E-state index in [1.54, 1.807) is 13.8 Å². The Kier molecular flexibility index (Phi) is 25.6. The number of hydrogen-bond donors (Lipinski definition) is 2. The highest BCUT2D eigenvalue weighted by Crippen LogP contribution is 2.29. The summed E-state index contributed by atoms with van der Waals surface area (Å²) in [4.78, 5) is 40.9. The number of unbranched alkanes of at least 4 members (excludes halogenated alkanes) is 8. The summed E-state index contributed by atoms with van der Waals surface area (Å²) in [5.74, 6) is -0.103. The van der Waals surface area contributed by atoms with Crippen molar-refractivity contribution >= 4 is 18.1 Å². The molecule has 0 radical (unpaired) electrons. The van der Waals surface area contributed by atoms with Crippen LogP contribution in [0.25, 0.3) is 0 Å². The zero-order valence-corrected chi connectivity index (χ0v) is 30.8. The molecule has 0 saturated carbocycles. The molecule has 2 atom stereocenters. The molecule has 0 fully saturated rings. The lowest BCUT2D eigenvalue weighted by atomic mass is 9.86. The number of esters is 1. The van der Waals surface area contributed by atoms with Crippen molar-refractivity contribution in [3.05, 3.63) is 0 Å². The fourth-order valence-corrected chi connectivity index (χ4v) is 5.48. The van der Waals surface area contributed by atoms with Crippen molar-refractivity contribution in [3.8, 4) is 0 Å². The van der Waals surface area contributed by atoms with Gasteiger partial charge in [-0.15, -0.1) is 0 Å². The zero-order chi connectivity index (χ0) is 34.9. The number of carboxylic acids is 1. The van der Waals surface area contributed by atoms with E-state index in [1.807, 2.05) is 13.8 Å². The molecule has 0 aliphatic rings. The average Bonchev–Trinajstić information content (AvgIpc) is 2.91. The van der Waals surface area contributed by atoms with Crippen molar-refractivity contribution in [3.63, 3.8) is 0 Å². The van der Waals surface area contributed by atoms with Gasteiger partial charge in [0.25, 0.3) is 0 Å². The first-order valence-electron chi connectivity index (χ1n) is 18.0. The second-order valence-corrected chi connectivity index (χ2v) is 16.2. The second-order valence-electron chi connectivity index (χ2n) is 16.2. The summed E-state index contributed by atoms with van der Waals surface area (Å²) in [6.45, 7) is 19.0. The lowest BCUT2D eigenvalue weighted by Gasteiger charge is -2.27. The third-order valence-electron chi connectivity index (χ3n) is 8.84. The molecule has 2 unspecified atom stereocenters. The maximum atomic E-state index is 13.2. The second kappa shape index (κ2) is 25.4. The van der Waals surface area contributed by atoms with Gasteiger partial charge in [-0.2, -0.15) is 9.59 Å². The van der Waals surface area contributed by atoms with Crippen LogP contribution in [0.15, 0.2) is 0 Å². The summed E-state index contributed by atoms with van der Waals surface area (Å²) in [6.07, 6.45) is 20.3. The largest absolute Gasteiger partial charge is 0.481 e. The van der Waals surface area contributed by atoms with E-state index in [1.165, 1.54) is 38.5 Å². The van der Waals surface area contributed by atoms with Crippen molar-refractivity contribution in [2.24, 2.45) is 22.2 Å². The summed E-state index contributed by atoms with van der Waals surface area (Å²) in [5.41, 5.74) is -0.793. The van der Waals surface area contributed by atoms with Gasteiger partial charge in [-0.1, -0.05) is 105 Å². The molecule has 7 nitrogen and oxygen atoms in total. The van der Waals surface area contributed by atoms with E-state index in [4.69, 9.17) is 14.3 Å². The van der Waals surface area contributed by atoms with E-state index < -0.39 is 16.8 Å². The van der Waals surface area contributed by atoms with Crippen LogP contribution in [0.3, 0.4) is 0 Å². The van der Waals surface area contributed by atoms with E-state index in [0.717, 1.165) is 89.4 Å². The minimum absolute atomic E-state index is 0.0538. The maximum absolute atomic E-state index is 13.2. The first-order chi connectivity index (χ1) is 20.9. The van der Waals surface area contributed by atoms with Gasteiger partial charge in [0.15, 0.2) is 0 Å². The van der Waals surface area contributed by atoms with Crippen LogP contribution >= 0.6 is 0 Å². The first kappa shape index (κ1) is 45.4. The highest BCUT2D eigenvalue weighted by molar-refractivity contribution is 5.76. The van der Waals surface area contributed by atoms with E-state index in [-0.39, 0.29) is 24.3 Å². The SMILES string of the molecule is CC(C)CCCCCC(CCCCCC(C)(C)C(=O)O)OC(=O)C(C)(C)CCCCCC(O)CCCCCC(C)(C)C.O=C=O. The third kappa shape index (κ3) is 28.2. The minimum Gasteiger partial charge on any atom is -0.481 e. The molecule has 0 spiro atoms. The van der Waals surface area contributed by atoms with Crippen LogP contribution in [-0.2, 0) is 23.9 Å². The molecular weight excluding hydrogens is 568 g/mol. The van der Waals surface area contributed by atoms with Crippen molar-refractivity contribution in [2.45, 2.75) is 203 Å². The molecule has 0 aromatic heterocycles. The Morgan fingerprint density at radius 2 is 0.978 bits per heavy atom. The number of carboxylic acid groups (broad SMARTS) is 1. The van der Waals surface area contributed by atoms with Crippen molar-refractivity contribution in [1.82, 2.24) is 0 Å². The molecular formula is C38H72O7. The average molecular weight is 641 g/mol. The normalized spacial score (nSPS) is 13.5. The van der Waals surface area contributed by atoms with Gasteiger partial charge in [0.05, 0.1) is 16.9 Å². The standard InChI is InChI=1S/C37H72O5.CO2/c1-30(2)22-14-10-17-25-32(26-18-13-20-28-36(6,7)33(39)40)42-34(41)37(8,9)29-21-12-16-24-31(38)23-15-11-19-27-35(3,4)5;2-1-3/h30-32,38H,10-29H2,1-9H3,(H,39,40);. The summed E-state index contributed by atoms with van der Waals surface area (Å²) < 4.78 is 6.14. The molecule has 0 saturated heterocycles. The van der Waals surface area contributed by atoms with Crippen molar-refractivity contribution in [2.75, 3.05) is 0 Å². The highest BCUT2D eigenvalue weighted by Gasteiger charge is 2.31. The Hall–Kier alpha value is -1.72. The first-order valence-corrected chi connectivity index (χ1v) is 18.0. The summed E-state index contributed by atoms with van der Waals surface area (Å²) in [7, 11) is 0. The van der Waals surface area contributed by atoms with Crippen molar-refractivity contribution < 1.29 is 34.1 Å². The van der Waals surface area contributed by atoms with Gasteiger partial charge in [-0.25, -0.2) is 0 Å². The molecule has 0 aliphatic carbocycles. The molecule has 0 rings (SSSR count). The number of ether oxygens (including phenoxy) is 1. The molecule has 0 bridgehead atoms. The zero-order valence-electron chi connectivity index (χ0n) is 30.8. The third-order valence-corrected chi connectivity index (χ3v) is 8.84. The van der Waals surface area contributed by atoms with Gasteiger partial charge in [0, 0.05) is 0 Å². The number of aliphatic carboxylic acids is 1. The van der Waals surface area contributed by atoms with Gasteiger partial charge in [0.1, 0.15) is 6.10 Å². The predicted octanol–water partition coefficient (Wildman–Crippen LogP) is 10.3. The predicted molar refractivity (Wildman–Crippen MR) is 183 cm³/mol. The molecule has 0 amide bonds. The molecule has 0 aliphatic heterocycles. The van der Waals surface area contributed by atoms with Crippen molar-refractivity contribution in [1.29, 1.82) is 0 Å². The van der Waals surface area contributed by atoms with Crippen LogP contribution in [0.2, 0.25) is 0 Å². The summed E-state index contributed by atoms with van der Waals surface area (Å²) in [6, 6.07) is 0. The van der Waals surface area contributed by atoms with Crippen LogP contribution < -0.4 is 0 Å². The highest BCUT2D eigenvalue weighted by atomic mass is 16.5. The summed E-state index contributed by atoms with van der Waals surface area (Å²) in [5, 5.41) is 19.7. The van der Waals surface area contributed by atoms with Gasteiger partial charge in [-0.05, 0) is 96.8 Å². The van der Waals surface area contributed by atoms with Crippen LogP contribution in [0.4, 0.5) is 0 Å². The lowest BCUT2D eigenvalue weighted by molar-refractivity contribution is -0.191. The minimum atomic E-state index is -0.740. The number of carbonyl (C=O) groups excluding carboxylic acids is 3. The lowest BCUT2D eigenvalue weighted by Crippen LogP contribution is -2.31. The number of aliphatic hydroxyl groups excluding tert-OH is 1. The molecule has 0 aromatic carbocycles. The Labute approximate surface area is 277 Å². The van der Waals surface area contributed by atoms with Crippen LogP contribution in [0, 0.1) is 22.2 Å². The Morgan fingerprint density at radius 1 is 0.600 bits per heavy atom. The van der Waals surface area contributed by atoms with Gasteiger partial charge in [0.2, 0.25) is 0 Å². The fraction of sp³-hybridized carbons (Fsp3) is 0.921. The van der Waals surface area contributed by atoms with Crippen LogP contribution in [0.1, 0.15) is 191 Å². The Balaban J connectivity index is 0. The molecule has 45 heavy (non-hydrogen) atoms. The van der Waals surface area contributed by atoms with E-state index in [0.29, 0.717) is 11.8 Å². The molecule has 7 heteroatoms. The Morgan fingerprint density at radius 3 is 1.40 bits per heavy atom. The van der Waals surface area contributed by atoms with Gasteiger partial charge < -0.3 is 14.9 Å². The van der Waals surface area contributed by atoms with E-state index >= 15 is 0 Å². The monoisotopic (exact) mass is 641 g/mol. The molecule has 266 valence electrons. The maximum Gasteiger partial charge on any atom is 0.373 e. The van der Waals surface area contributed by atoms with Crippen LogP contribution in [-0.4, -0.2) is 40.5 Å². The smallest absolute Gasteiger partial charge is 0.373 e. The topological polar surface area (TPSA) is 118 Å². The van der Waals surface area contributed by atoms with E-state index in [9.17, 15) is 19.8 Å².